The van der Waals surface area contributed by atoms with E-state index < -0.39 is 6.10 Å². The minimum atomic E-state index is -0.764. The zero-order chi connectivity index (χ0) is 56.4. The number of carbonyl (C=O) groups excluding carboxylic acids is 3. The van der Waals surface area contributed by atoms with E-state index in [1.54, 1.807) is 0 Å². The molecular formula is C72H138O6. The Morgan fingerprint density at radius 2 is 0.423 bits per heavy atom. The number of esters is 3. The van der Waals surface area contributed by atoms with E-state index in [0.29, 0.717) is 19.3 Å². The summed E-state index contributed by atoms with van der Waals surface area (Å²) in [5.74, 6) is -0.849. The molecule has 0 saturated carbocycles. The van der Waals surface area contributed by atoms with Crippen molar-refractivity contribution in [3.05, 3.63) is 12.2 Å². The minimum absolute atomic E-state index is 0.0645. The maximum atomic E-state index is 12.9. The van der Waals surface area contributed by atoms with Crippen molar-refractivity contribution >= 4 is 17.9 Å². The van der Waals surface area contributed by atoms with Crippen LogP contribution in [0.15, 0.2) is 12.2 Å². The molecule has 462 valence electrons. The molecule has 0 amide bonds. The molecule has 0 aliphatic rings. The fraction of sp³-hybridized carbons (Fsp3) is 0.931. The third kappa shape index (κ3) is 65.0. The van der Waals surface area contributed by atoms with Gasteiger partial charge >= 0.3 is 17.9 Å². The van der Waals surface area contributed by atoms with Gasteiger partial charge in [0.25, 0.3) is 0 Å². The summed E-state index contributed by atoms with van der Waals surface area (Å²) in [6.07, 6.45) is 81.7. The molecule has 0 N–H and O–H groups in total. The zero-order valence-corrected chi connectivity index (χ0v) is 53.2. The van der Waals surface area contributed by atoms with Gasteiger partial charge in [-0.1, -0.05) is 360 Å². The molecule has 0 bridgehead atoms. The van der Waals surface area contributed by atoms with Gasteiger partial charge in [0.05, 0.1) is 0 Å². The first-order chi connectivity index (χ1) is 38.5. The first kappa shape index (κ1) is 76.1. The van der Waals surface area contributed by atoms with Gasteiger partial charge in [-0.2, -0.15) is 0 Å². The van der Waals surface area contributed by atoms with Crippen molar-refractivity contribution < 1.29 is 28.6 Å². The van der Waals surface area contributed by atoms with Crippen LogP contribution in [0.3, 0.4) is 0 Å². The molecule has 0 radical (unpaired) electrons. The Labute approximate surface area is 488 Å². The molecule has 0 fully saturated rings. The third-order valence-corrected chi connectivity index (χ3v) is 16.5. The maximum Gasteiger partial charge on any atom is 0.306 e. The average molecular weight is 1100 g/mol. The van der Waals surface area contributed by atoms with Crippen LogP contribution in [0.1, 0.15) is 412 Å². The van der Waals surface area contributed by atoms with Crippen LogP contribution in [0.4, 0.5) is 0 Å². The summed E-state index contributed by atoms with van der Waals surface area (Å²) in [7, 11) is 0. The Balaban J connectivity index is 3.90. The molecular weight excluding hydrogens is 961 g/mol. The van der Waals surface area contributed by atoms with Crippen molar-refractivity contribution in [3.8, 4) is 0 Å². The molecule has 0 aromatic heterocycles. The van der Waals surface area contributed by atoms with E-state index in [-0.39, 0.29) is 31.1 Å². The Morgan fingerprint density at radius 1 is 0.244 bits per heavy atom. The second-order valence-corrected chi connectivity index (χ2v) is 24.5. The van der Waals surface area contributed by atoms with Gasteiger partial charge in [0.15, 0.2) is 6.10 Å². The highest BCUT2D eigenvalue weighted by Gasteiger charge is 2.19. The molecule has 6 heteroatoms. The molecule has 0 saturated heterocycles. The number of carbonyl (C=O) groups is 3. The summed E-state index contributed by atoms with van der Waals surface area (Å²) >= 11 is 0. The van der Waals surface area contributed by atoms with Crippen LogP contribution in [0.5, 0.6) is 0 Å². The van der Waals surface area contributed by atoms with E-state index in [2.05, 4.69) is 32.9 Å². The average Bonchev–Trinajstić information content (AvgIpc) is 3.44. The third-order valence-electron chi connectivity index (χ3n) is 16.5. The first-order valence-corrected chi connectivity index (χ1v) is 35.7. The second-order valence-electron chi connectivity index (χ2n) is 24.5. The number of hydrogen-bond acceptors (Lipinski definition) is 6. The SMILES string of the molecule is CCCCCCCCCC/C=C\CCCCCCCCCCCCCCCC(=O)OC(COC(=O)CCCCCCC)COC(=O)CCCCCCCCCCCCCCCCCCCCCCCCCCCCCCCC. The van der Waals surface area contributed by atoms with E-state index in [0.717, 1.165) is 64.2 Å². The predicted molar refractivity (Wildman–Crippen MR) is 340 cm³/mol. The van der Waals surface area contributed by atoms with Crippen LogP contribution >= 0.6 is 0 Å². The largest absolute Gasteiger partial charge is 0.462 e. The van der Waals surface area contributed by atoms with Crippen LogP contribution in [0, 0.1) is 0 Å². The Bertz CT molecular complexity index is 1210. The molecule has 6 nitrogen and oxygen atoms in total. The fourth-order valence-corrected chi connectivity index (χ4v) is 11.2. The van der Waals surface area contributed by atoms with Gasteiger partial charge in [-0.25, -0.2) is 0 Å². The highest BCUT2D eigenvalue weighted by Crippen LogP contribution is 2.19. The molecule has 0 aromatic carbocycles. The lowest BCUT2D eigenvalue weighted by atomic mass is 10.0. The number of ether oxygens (including phenoxy) is 3. The van der Waals surface area contributed by atoms with Crippen LogP contribution in [-0.4, -0.2) is 37.2 Å². The first-order valence-electron chi connectivity index (χ1n) is 35.7. The predicted octanol–water partition coefficient (Wildman–Crippen LogP) is 24.4. The summed E-state index contributed by atoms with van der Waals surface area (Å²) in [4.78, 5) is 38.0. The van der Waals surface area contributed by atoms with Crippen molar-refractivity contribution in [3.63, 3.8) is 0 Å². The summed E-state index contributed by atoms with van der Waals surface area (Å²) in [5, 5.41) is 0. The van der Waals surface area contributed by atoms with Gasteiger partial charge in [0.2, 0.25) is 0 Å². The molecule has 0 aliphatic heterocycles. The summed E-state index contributed by atoms with van der Waals surface area (Å²) in [6, 6.07) is 0. The Morgan fingerprint density at radius 3 is 0.641 bits per heavy atom. The number of unbranched alkanes of at least 4 members (excludes halogenated alkanes) is 54. The molecule has 1 atom stereocenters. The topological polar surface area (TPSA) is 78.9 Å². The van der Waals surface area contributed by atoms with Crippen LogP contribution < -0.4 is 0 Å². The van der Waals surface area contributed by atoms with E-state index in [9.17, 15) is 14.4 Å². The Kier molecular flexibility index (Phi) is 66.0. The minimum Gasteiger partial charge on any atom is -0.462 e. The van der Waals surface area contributed by atoms with Gasteiger partial charge in [-0.3, -0.25) is 14.4 Å². The molecule has 0 spiro atoms. The highest BCUT2D eigenvalue weighted by molar-refractivity contribution is 5.71. The van der Waals surface area contributed by atoms with Gasteiger partial charge in [-0.05, 0) is 44.9 Å². The summed E-state index contributed by atoms with van der Waals surface area (Å²) in [6.45, 7) is 6.64. The van der Waals surface area contributed by atoms with Crippen LogP contribution in [0.25, 0.3) is 0 Å². The van der Waals surface area contributed by atoms with Crippen molar-refractivity contribution in [2.75, 3.05) is 13.2 Å². The maximum absolute atomic E-state index is 12.9. The molecule has 0 rings (SSSR count). The van der Waals surface area contributed by atoms with Crippen LogP contribution in [0.2, 0.25) is 0 Å². The lowest BCUT2D eigenvalue weighted by Gasteiger charge is -2.18. The summed E-state index contributed by atoms with van der Waals surface area (Å²) in [5.41, 5.74) is 0. The molecule has 78 heavy (non-hydrogen) atoms. The monoisotopic (exact) mass is 1100 g/mol. The lowest BCUT2D eigenvalue weighted by Crippen LogP contribution is -2.30. The highest BCUT2D eigenvalue weighted by atomic mass is 16.6. The Hall–Kier alpha value is -1.85. The second kappa shape index (κ2) is 67.7. The molecule has 0 aliphatic carbocycles. The summed E-state index contributed by atoms with van der Waals surface area (Å²) < 4.78 is 16.8. The van der Waals surface area contributed by atoms with Crippen molar-refractivity contribution in [1.29, 1.82) is 0 Å². The van der Waals surface area contributed by atoms with Gasteiger partial charge in [0.1, 0.15) is 13.2 Å². The number of allylic oxidation sites excluding steroid dienone is 2. The van der Waals surface area contributed by atoms with Gasteiger partial charge in [0, 0.05) is 19.3 Å². The normalized spacial score (nSPS) is 12.0. The van der Waals surface area contributed by atoms with Gasteiger partial charge in [-0.15, -0.1) is 0 Å². The quantitative estimate of drug-likeness (QED) is 0.0261. The molecule has 0 heterocycles. The van der Waals surface area contributed by atoms with Crippen molar-refractivity contribution in [2.45, 2.75) is 419 Å². The van der Waals surface area contributed by atoms with Crippen molar-refractivity contribution in [2.24, 2.45) is 0 Å². The molecule has 0 aromatic rings. The standard InChI is InChI=1S/C72H138O6/c1-4-7-10-13-15-17-19-21-23-25-27-29-31-33-34-35-36-37-39-40-42-44-46-48-50-52-54-56-59-62-65-71(74)77-68-69(67-76-70(73)64-61-58-12-9-6-3)78-72(75)66-63-60-57-55-53-51-49-47-45-43-41-38-32-30-28-26-24-22-20-18-16-14-11-8-5-2/h26,28,69H,4-25,27,29-68H2,1-3H3/b28-26-. The zero-order valence-electron chi connectivity index (χ0n) is 53.2. The van der Waals surface area contributed by atoms with E-state index in [1.165, 1.54) is 308 Å². The number of rotatable bonds is 67. The van der Waals surface area contributed by atoms with E-state index in [4.69, 9.17) is 14.2 Å². The van der Waals surface area contributed by atoms with Gasteiger partial charge < -0.3 is 14.2 Å². The van der Waals surface area contributed by atoms with E-state index in [1.807, 2.05) is 0 Å². The van der Waals surface area contributed by atoms with Crippen molar-refractivity contribution in [1.82, 2.24) is 0 Å². The lowest BCUT2D eigenvalue weighted by molar-refractivity contribution is -0.167. The van der Waals surface area contributed by atoms with E-state index >= 15 is 0 Å². The molecule has 1 unspecified atom stereocenters. The fourth-order valence-electron chi connectivity index (χ4n) is 11.2. The number of hydrogen-bond donors (Lipinski definition) is 0. The van der Waals surface area contributed by atoms with Crippen LogP contribution in [-0.2, 0) is 28.6 Å². The smallest absolute Gasteiger partial charge is 0.306 e.